The Kier molecular flexibility index (Phi) is 6.50. The highest BCUT2D eigenvalue weighted by Gasteiger charge is 2.07. The summed E-state index contributed by atoms with van der Waals surface area (Å²) < 4.78 is 0. The molecule has 2 N–H and O–H groups in total. The van der Waals surface area contributed by atoms with Crippen molar-refractivity contribution >= 4 is 11.7 Å². The highest BCUT2D eigenvalue weighted by molar-refractivity contribution is 5.92. The molecule has 0 atom stereocenters. The van der Waals surface area contributed by atoms with Gasteiger partial charge in [-0.15, -0.1) is 10.2 Å². The Hall–Kier alpha value is -2.47. The first-order valence-electron chi connectivity index (χ1n) is 7.69. The minimum absolute atomic E-state index is 0.201. The Bertz CT molecular complexity index is 598. The maximum absolute atomic E-state index is 12.0. The van der Waals surface area contributed by atoms with E-state index in [1.807, 2.05) is 44.4 Å². The minimum Gasteiger partial charge on any atom is -0.367 e. The zero-order valence-corrected chi connectivity index (χ0v) is 13.6. The van der Waals surface area contributed by atoms with Crippen molar-refractivity contribution in [1.82, 2.24) is 20.4 Å². The first-order valence-corrected chi connectivity index (χ1v) is 7.69. The third-order valence-corrected chi connectivity index (χ3v) is 3.30. The second kappa shape index (κ2) is 8.85. The van der Waals surface area contributed by atoms with E-state index in [-0.39, 0.29) is 5.91 Å². The fourth-order valence-electron chi connectivity index (χ4n) is 2.01. The number of carbonyl (C=O) groups is 1. The molecule has 1 heterocycles. The largest absolute Gasteiger partial charge is 0.367 e. The number of amides is 1. The van der Waals surface area contributed by atoms with Crippen LogP contribution in [0.4, 0.5) is 5.82 Å². The van der Waals surface area contributed by atoms with Crippen molar-refractivity contribution in [3.05, 3.63) is 53.7 Å². The van der Waals surface area contributed by atoms with Gasteiger partial charge in [-0.05, 0) is 38.2 Å². The molecule has 1 aromatic carbocycles. The molecule has 0 aliphatic heterocycles. The number of anilines is 1. The Balaban J connectivity index is 1.76. The van der Waals surface area contributed by atoms with E-state index < -0.39 is 0 Å². The lowest BCUT2D eigenvalue weighted by Gasteiger charge is -2.10. The van der Waals surface area contributed by atoms with Crippen LogP contribution in [0.3, 0.4) is 0 Å². The van der Waals surface area contributed by atoms with Gasteiger partial charge in [0.05, 0.1) is 0 Å². The number of hydrogen-bond donors (Lipinski definition) is 2. The third-order valence-electron chi connectivity index (χ3n) is 3.30. The van der Waals surface area contributed by atoms with Gasteiger partial charge >= 0.3 is 0 Å². The van der Waals surface area contributed by atoms with Crippen LogP contribution >= 0.6 is 0 Å². The van der Waals surface area contributed by atoms with E-state index in [0.29, 0.717) is 18.1 Å². The van der Waals surface area contributed by atoms with Gasteiger partial charge < -0.3 is 15.5 Å². The second-order valence-electron chi connectivity index (χ2n) is 5.53. The molecule has 0 unspecified atom stereocenters. The SMILES string of the molecule is CN(C)CCNc1ccc(C(=O)NCCc2ccccc2)nn1. The fourth-order valence-corrected chi connectivity index (χ4v) is 2.01. The normalized spacial score (nSPS) is 10.6. The van der Waals surface area contributed by atoms with Gasteiger partial charge in [0.1, 0.15) is 5.82 Å². The van der Waals surface area contributed by atoms with E-state index >= 15 is 0 Å². The summed E-state index contributed by atoms with van der Waals surface area (Å²) in [5.41, 5.74) is 1.52. The van der Waals surface area contributed by atoms with E-state index in [4.69, 9.17) is 0 Å². The molecule has 2 rings (SSSR count). The van der Waals surface area contributed by atoms with Crippen molar-refractivity contribution in [1.29, 1.82) is 0 Å². The lowest BCUT2D eigenvalue weighted by atomic mass is 10.1. The first kappa shape index (κ1) is 16.9. The van der Waals surface area contributed by atoms with Crippen LogP contribution < -0.4 is 10.6 Å². The topological polar surface area (TPSA) is 70.2 Å². The molecule has 0 bridgehead atoms. The molecule has 1 amide bonds. The van der Waals surface area contributed by atoms with E-state index in [1.54, 1.807) is 12.1 Å². The predicted molar refractivity (Wildman–Crippen MR) is 91.6 cm³/mol. The van der Waals surface area contributed by atoms with Crippen molar-refractivity contribution in [2.24, 2.45) is 0 Å². The molecule has 6 nitrogen and oxygen atoms in total. The molecule has 0 aliphatic rings. The van der Waals surface area contributed by atoms with E-state index in [1.165, 1.54) is 5.56 Å². The first-order chi connectivity index (χ1) is 11.1. The van der Waals surface area contributed by atoms with Crippen molar-refractivity contribution in [3.63, 3.8) is 0 Å². The smallest absolute Gasteiger partial charge is 0.271 e. The van der Waals surface area contributed by atoms with Gasteiger partial charge in [0.25, 0.3) is 5.91 Å². The second-order valence-corrected chi connectivity index (χ2v) is 5.53. The summed E-state index contributed by atoms with van der Waals surface area (Å²) >= 11 is 0. The molecule has 0 saturated heterocycles. The van der Waals surface area contributed by atoms with Gasteiger partial charge in [0.15, 0.2) is 5.69 Å². The van der Waals surface area contributed by atoms with Gasteiger partial charge in [-0.3, -0.25) is 4.79 Å². The highest BCUT2D eigenvalue weighted by Crippen LogP contribution is 2.02. The molecule has 0 fully saturated rings. The molecule has 0 radical (unpaired) electrons. The zero-order valence-electron chi connectivity index (χ0n) is 13.6. The average Bonchev–Trinajstić information content (AvgIpc) is 2.56. The van der Waals surface area contributed by atoms with Crippen molar-refractivity contribution in [2.75, 3.05) is 39.0 Å². The lowest BCUT2D eigenvalue weighted by molar-refractivity contribution is 0.0948. The number of nitrogens with zero attached hydrogens (tertiary/aromatic N) is 3. The number of carbonyl (C=O) groups excluding carboxylic acids is 1. The van der Waals surface area contributed by atoms with Crippen LogP contribution in [-0.4, -0.2) is 54.7 Å². The Morgan fingerprint density at radius 2 is 1.83 bits per heavy atom. The maximum atomic E-state index is 12.0. The molecular weight excluding hydrogens is 290 g/mol. The van der Waals surface area contributed by atoms with Crippen LogP contribution in [0.5, 0.6) is 0 Å². The van der Waals surface area contributed by atoms with E-state index in [2.05, 4.69) is 25.7 Å². The van der Waals surface area contributed by atoms with E-state index in [9.17, 15) is 4.79 Å². The number of hydrogen-bond acceptors (Lipinski definition) is 5. The molecule has 0 spiro atoms. The van der Waals surface area contributed by atoms with Crippen molar-refractivity contribution < 1.29 is 4.79 Å². The molecule has 0 aliphatic carbocycles. The van der Waals surface area contributed by atoms with Gasteiger partial charge in [0.2, 0.25) is 0 Å². The molecule has 1 aromatic heterocycles. The Morgan fingerprint density at radius 3 is 2.48 bits per heavy atom. The van der Waals surface area contributed by atoms with Crippen LogP contribution in [0.25, 0.3) is 0 Å². The summed E-state index contributed by atoms with van der Waals surface area (Å²) in [6, 6.07) is 13.5. The van der Waals surface area contributed by atoms with Crippen LogP contribution in [0, 0.1) is 0 Å². The summed E-state index contributed by atoms with van der Waals surface area (Å²) in [5, 5.41) is 14.0. The summed E-state index contributed by atoms with van der Waals surface area (Å²) in [4.78, 5) is 14.1. The van der Waals surface area contributed by atoms with E-state index in [0.717, 1.165) is 19.5 Å². The molecule has 0 saturated carbocycles. The molecule has 6 heteroatoms. The standard InChI is InChI=1S/C17H23N5O/c1-22(2)13-12-18-16-9-8-15(20-21-16)17(23)19-11-10-14-6-4-3-5-7-14/h3-9H,10-13H2,1-2H3,(H,18,21)(H,19,23). The summed E-state index contributed by atoms with van der Waals surface area (Å²) in [7, 11) is 4.02. The van der Waals surface area contributed by atoms with Gasteiger partial charge in [0, 0.05) is 19.6 Å². The minimum atomic E-state index is -0.201. The average molecular weight is 313 g/mol. The number of rotatable bonds is 8. The third kappa shape index (κ3) is 6.04. The van der Waals surface area contributed by atoms with Crippen LogP contribution in [0.1, 0.15) is 16.1 Å². The van der Waals surface area contributed by atoms with Gasteiger partial charge in [-0.25, -0.2) is 0 Å². The highest BCUT2D eigenvalue weighted by atomic mass is 16.1. The Morgan fingerprint density at radius 1 is 1.04 bits per heavy atom. The van der Waals surface area contributed by atoms with Crippen LogP contribution in [0.15, 0.2) is 42.5 Å². The monoisotopic (exact) mass is 313 g/mol. The zero-order chi connectivity index (χ0) is 16.5. The lowest BCUT2D eigenvalue weighted by Crippen LogP contribution is -2.27. The fraction of sp³-hybridized carbons (Fsp3) is 0.353. The molecule has 23 heavy (non-hydrogen) atoms. The molecule has 122 valence electrons. The summed E-state index contributed by atoms with van der Waals surface area (Å²) in [5.74, 6) is 0.473. The predicted octanol–water partition coefficient (Wildman–Crippen LogP) is 1.42. The summed E-state index contributed by atoms with van der Waals surface area (Å²) in [6.07, 6.45) is 0.796. The molecule has 2 aromatic rings. The van der Waals surface area contributed by atoms with Gasteiger partial charge in [-0.2, -0.15) is 0 Å². The number of nitrogens with one attached hydrogen (secondary N) is 2. The maximum Gasteiger partial charge on any atom is 0.271 e. The number of likely N-dealkylation sites (N-methyl/N-ethyl adjacent to an activating group) is 1. The number of benzene rings is 1. The number of aromatic nitrogens is 2. The van der Waals surface area contributed by atoms with Crippen molar-refractivity contribution in [2.45, 2.75) is 6.42 Å². The quantitative estimate of drug-likeness (QED) is 0.771. The Labute approximate surface area is 136 Å². The van der Waals surface area contributed by atoms with Crippen molar-refractivity contribution in [3.8, 4) is 0 Å². The van der Waals surface area contributed by atoms with Crippen LogP contribution in [-0.2, 0) is 6.42 Å². The molecular formula is C17H23N5O. The van der Waals surface area contributed by atoms with Gasteiger partial charge in [-0.1, -0.05) is 30.3 Å². The summed E-state index contributed by atoms with van der Waals surface area (Å²) in [6.45, 7) is 2.26. The van der Waals surface area contributed by atoms with Crippen LogP contribution in [0.2, 0.25) is 0 Å².